The molecule has 5 nitrogen and oxygen atoms in total. The van der Waals surface area contributed by atoms with Crippen LogP contribution < -0.4 is 10.6 Å². The van der Waals surface area contributed by atoms with E-state index in [-0.39, 0.29) is 24.4 Å². The zero-order chi connectivity index (χ0) is 15.9. The number of urea groups is 1. The third-order valence-corrected chi connectivity index (χ3v) is 4.31. The fourth-order valence-electron chi connectivity index (χ4n) is 2.12. The van der Waals surface area contributed by atoms with Crippen LogP contribution in [0.4, 0.5) is 4.79 Å². The van der Waals surface area contributed by atoms with Gasteiger partial charge >= 0.3 is 6.03 Å². The summed E-state index contributed by atoms with van der Waals surface area (Å²) in [6.07, 6.45) is 0.478. The molecule has 0 fully saturated rings. The minimum atomic E-state index is -0.280. The molecule has 2 rings (SSSR count). The molecule has 1 aromatic carbocycles. The molecule has 2 aromatic rings. The smallest absolute Gasteiger partial charge is 0.315 e. The first kappa shape index (κ1) is 16.3. The maximum atomic E-state index is 12.0. The lowest BCUT2D eigenvalue weighted by atomic mass is 10.1. The van der Waals surface area contributed by atoms with E-state index in [1.165, 1.54) is 0 Å². The van der Waals surface area contributed by atoms with Gasteiger partial charge in [-0.15, -0.1) is 11.3 Å². The Morgan fingerprint density at radius 2 is 2.18 bits per heavy atom. The Balaban J connectivity index is 1.89. The van der Waals surface area contributed by atoms with Crippen LogP contribution in [-0.4, -0.2) is 22.9 Å². The SMILES string of the molecule is Cc1cc(CNC(=O)NC(CCO)c2cccs2)ccc1O. The highest BCUT2D eigenvalue weighted by molar-refractivity contribution is 7.10. The van der Waals surface area contributed by atoms with Crippen molar-refractivity contribution in [2.75, 3.05) is 6.61 Å². The second-order valence-corrected chi connectivity index (χ2v) is 6.01. The Hall–Kier alpha value is -2.05. The molecule has 1 aromatic heterocycles. The average molecular weight is 320 g/mol. The largest absolute Gasteiger partial charge is 0.508 e. The van der Waals surface area contributed by atoms with Gasteiger partial charge in [-0.05, 0) is 42.0 Å². The van der Waals surface area contributed by atoms with Gasteiger partial charge in [0.1, 0.15) is 5.75 Å². The number of nitrogens with one attached hydrogen (secondary N) is 2. The zero-order valence-corrected chi connectivity index (χ0v) is 13.2. The summed E-state index contributed by atoms with van der Waals surface area (Å²) in [5, 5.41) is 26.2. The molecule has 0 aliphatic rings. The molecule has 0 radical (unpaired) electrons. The number of carbonyl (C=O) groups excluding carboxylic acids is 1. The number of benzene rings is 1. The van der Waals surface area contributed by atoms with Gasteiger partial charge < -0.3 is 20.8 Å². The predicted octanol–water partition coefficient (Wildman–Crippen LogP) is 2.69. The molecular weight excluding hydrogens is 300 g/mol. The number of amides is 2. The molecule has 1 heterocycles. The summed E-state index contributed by atoms with van der Waals surface area (Å²) in [7, 11) is 0. The molecular formula is C16H20N2O3S. The van der Waals surface area contributed by atoms with Crippen molar-refractivity contribution in [1.82, 2.24) is 10.6 Å². The molecule has 0 aliphatic carbocycles. The van der Waals surface area contributed by atoms with Gasteiger partial charge in [-0.1, -0.05) is 18.2 Å². The van der Waals surface area contributed by atoms with Gasteiger partial charge in [0.15, 0.2) is 0 Å². The summed E-state index contributed by atoms with van der Waals surface area (Å²) in [6.45, 7) is 2.20. The van der Waals surface area contributed by atoms with E-state index in [4.69, 9.17) is 5.11 Å². The standard InChI is InChI=1S/C16H20N2O3S/c1-11-9-12(4-5-14(11)20)10-17-16(21)18-13(6-7-19)15-3-2-8-22-15/h2-5,8-9,13,19-20H,6-7,10H2,1H3,(H2,17,18,21). The van der Waals surface area contributed by atoms with Gasteiger partial charge in [-0.2, -0.15) is 0 Å². The number of thiophene rings is 1. The van der Waals surface area contributed by atoms with Crippen LogP contribution in [0.3, 0.4) is 0 Å². The van der Waals surface area contributed by atoms with E-state index < -0.39 is 0 Å². The molecule has 118 valence electrons. The number of aromatic hydroxyl groups is 1. The third kappa shape index (κ3) is 4.47. The Labute approximate surface area is 133 Å². The van der Waals surface area contributed by atoms with Crippen LogP contribution in [0.25, 0.3) is 0 Å². The third-order valence-electron chi connectivity index (χ3n) is 3.32. The fraction of sp³-hybridized carbons (Fsp3) is 0.312. The highest BCUT2D eigenvalue weighted by Gasteiger charge is 2.14. The Bertz CT molecular complexity index is 614. The molecule has 0 saturated carbocycles. The first-order valence-corrected chi connectivity index (χ1v) is 7.95. The van der Waals surface area contributed by atoms with Gasteiger partial charge in [0, 0.05) is 18.0 Å². The summed E-state index contributed by atoms with van der Waals surface area (Å²) < 4.78 is 0. The number of hydrogen-bond acceptors (Lipinski definition) is 4. The fourth-order valence-corrected chi connectivity index (χ4v) is 2.94. The number of rotatable bonds is 6. The van der Waals surface area contributed by atoms with Crippen molar-refractivity contribution in [3.05, 3.63) is 51.7 Å². The number of phenolic OH excluding ortho intramolecular Hbond substituents is 1. The molecule has 4 N–H and O–H groups in total. The van der Waals surface area contributed by atoms with Crippen LogP contribution in [0.5, 0.6) is 5.75 Å². The van der Waals surface area contributed by atoms with Gasteiger partial charge in [-0.25, -0.2) is 4.79 Å². The first-order chi connectivity index (χ1) is 10.6. The van der Waals surface area contributed by atoms with Crippen LogP contribution in [0.2, 0.25) is 0 Å². The van der Waals surface area contributed by atoms with E-state index in [1.54, 1.807) is 23.5 Å². The Kier molecular flexibility index (Phi) is 5.80. The van der Waals surface area contributed by atoms with Crippen molar-refractivity contribution in [1.29, 1.82) is 0 Å². The minimum absolute atomic E-state index is 0.0139. The molecule has 2 amide bonds. The van der Waals surface area contributed by atoms with E-state index in [0.717, 1.165) is 16.0 Å². The summed E-state index contributed by atoms with van der Waals surface area (Å²) in [5.74, 6) is 0.244. The summed E-state index contributed by atoms with van der Waals surface area (Å²) >= 11 is 1.55. The van der Waals surface area contributed by atoms with Crippen LogP contribution in [0.1, 0.15) is 28.5 Å². The molecule has 0 spiro atoms. The van der Waals surface area contributed by atoms with Gasteiger partial charge in [-0.3, -0.25) is 0 Å². The second-order valence-electron chi connectivity index (χ2n) is 5.03. The topological polar surface area (TPSA) is 81.6 Å². The maximum absolute atomic E-state index is 12.0. The molecule has 1 unspecified atom stereocenters. The number of phenols is 1. The lowest BCUT2D eigenvalue weighted by molar-refractivity contribution is 0.229. The highest BCUT2D eigenvalue weighted by atomic mass is 32.1. The summed E-state index contributed by atoms with van der Waals surface area (Å²) in [4.78, 5) is 13.0. The molecule has 0 saturated heterocycles. The van der Waals surface area contributed by atoms with E-state index >= 15 is 0 Å². The molecule has 22 heavy (non-hydrogen) atoms. The van der Waals surface area contributed by atoms with Gasteiger partial charge in [0.2, 0.25) is 0 Å². The lowest BCUT2D eigenvalue weighted by Gasteiger charge is -2.17. The maximum Gasteiger partial charge on any atom is 0.315 e. The Morgan fingerprint density at radius 3 is 2.82 bits per heavy atom. The van der Waals surface area contributed by atoms with Crippen molar-refractivity contribution in [3.8, 4) is 5.75 Å². The number of aliphatic hydroxyl groups is 1. The number of aryl methyl sites for hydroxylation is 1. The van der Waals surface area contributed by atoms with E-state index in [9.17, 15) is 9.90 Å². The average Bonchev–Trinajstić information content (AvgIpc) is 3.02. The monoisotopic (exact) mass is 320 g/mol. The number of carbonyl (C=O) groups is 1. The van der Waals surface area contributed by atoms with Crippen LogP contribution in [0, 0.1) is 6.92 Å². The first-order valence-electron chi connectivity index (χ1n) is 7.07. The zero-order valence-electron chi connectivity index (χ0n) is 12.4. The van der Waals surface area contributed by atoms with Crippen molar-refractivity contribution >= 4 is 17.4 Å². The number of aliphatic hydroxyl groups excluding tert-OH is 1. The molecule has 0 bridgehead atoms. The quantitative estimate of drug-likeness (QED) is 0.660. The van der Waals surface area contributed by atoms with Gasteiger partial charge in [0.05, 0.1) is 6.04 Å². The second kappa shape index (κ2) is 7.82. The van der Waals surface area contributed by atoms with Crippen LogP contribution in [0.15, 0.2) is 35.7 Å². The lowest BCUT2D eigenvalue weighted by Crippen LogP contribution is -2.37. The van der Waals surface area contributed by atoms with Crippen molar-refractivity contribution in [2.24, 2.45) is 0 Å². The molecule has 6 heteroatoms. The van der Waals surface area contributed by atoms with Crippen LogP contribution >= 0.6 is 11.3 Å². The number of hydrogen-bond donors (Lipinski definition) is 4. The van der Waals surface area contributed by atoms with Crippen molar-refractivity contribution in [3.63, 3.8) is 0 Å². The van der Waals surface area contributed by atoms with Crippen LogP contribution in [-0.2, 0) is 6.54 Å². The Morgan fingerprint density at radius 1 is 1.36 bits per heavy atom. The molecule has 0 aliphatic heterocycles. The van der Waals surface area contributed by atoms with E-state index in [0.29, 0.717) is 13.0 Å². The van der Waals surface area contributed by atoms with E-state index in [2.05, 4.69) is 10.6 Å². The van der Waals surface area contributed by atoms with Crippen molar-refractivity contribution in [2.45, 2.75) is 25.9 Å². The summed E-state index contributed by atoms with van der Waals surface area (Å²) in [5.41, 5.74) is 1.69. The highest BCUT2D eigenvalue weighted by Crippen LogP contribution is 2.21. The molecule has 1 atom stereocenters. The minimum Gasteiger partial charge on any atom is -0.508 e. The predicted molar refractivity (Wildman–Crippen MR) is 87.0 cm³/mol. The normalized spacial score (nSPS) is 11.9. The van der Waals surface area contributed by atoms with Crippen molar-refractivity contribution < 1.29 is 15.0 Å². The van der Waals surface area contributed by atoms with E-state index in [1.807, 2.05) is 30.5 Å². The van der Waals surface area contributed by atoms with Gasteiger partial charge in [0.25, 0.3) is 0 Å². The summed E-state index contributed by atoms with van der Waals surface area (Å²) in [6, 6.07) is 8.61.